The molecule has 0 aliphatic rings. The number of fused-ring (bicyclic) bond motifs is 3. The van der Waals surface area contributed by atoms with E-state index < -0.39 is 0 Å². The topological polar surface area (TPSA) is 81.3 Å². The number of thioether (sulfide) groups is 1. The van der Waals surface area contributed by atoms with Gasteiger partial charge in [-0.2, -0.15) is 0 Å². The summed E-state index contributed by atoms with van der Waals surface area (Å²) in [6.07, 6.45) is 1.62. The first-order chi connectivity index (χ1) is 14.9. The Balaban J connectivity index is 1.66. The number of hydrogen-bond acceptors (Lipinski definition) is 5. The van der Waals surface area contributed by atoms with Crippen molar-refractivity contribution in [2.75, 3.05) is 11.1 Å². The molecule has 0 saturated carbocycles. The monoisotopic (exact) mass is 493 g/mol. The van der Waals surface area contributed by atoms with Gasteiger partial charge in [-0.25, -0.2) is 0 Å². The smallest absolute Gasteiger partial charge is 0.263 e. The molecule has 0 radical (unpaired) electrons. The van der Waals surface area contributed by atoms with E-state index in [1.807, 2.05) is 12.1 Å². The molecule has 31 heavy (non-hydrogen) atoms. The predicted octanol–water partition coefficient (Wildman–Crippen LogP) is 4.92. The Morgan fingerprint density at radius 2 is 1.87 bits per heavy atom. The first-order valence-corrected chi connectivity index (χ1v) is 11.1. The zero-order chi connectivity index (χ0) is 22.1. The van der Waals surface area contributed by atoms with E-state index >= 15 is 0 Å². The summed E-state index contributed by atoms with van der Waals surface area (Å²) in [7, 11) is 0. The van der Waals surface area contributed by atoms with Crippen molar-refractivity contribution in [1.82, 2.24) is 19.2 Å². The van der Waals surface area contributed by atoms with Crippen LogP contribution in [0.25, 0.3) is 16.7 Å². The van der Waals surface area contributed by atoms with Gasteiger partial charge in [0.05, 0.1) is 32.4 Å². The van der Waals surface area contributed by atoms with Crippen molar-refractivity contribution in [3.05, 3.63) is 74.5 Å². The molecule has 1 amide bonds. The van der Waals surface area contributed by atoms with Gasteiger partial charge in [0.2, 0.25) is 11.7 Å². The van der Waals surface area contributed by atoms with Crippen LogP contribution in [0.3, 0.4) is 0 Å². The number of rotatable bonds is 6. The highest BCUT2D eigenvalue weighted by Gasteiger charge is 2.18. The second kappa shape index (κ2) is 8.92. The molecule has 0 aliphatic heterocycles. The number of amides is 1. The number of allylic oxidation sites excluding steroid dienone is 1. The van der Waals surface area contributed by atoms with Gasteiger partial charge in [-0.3, -0.25) is 18.6 Å². The van der Waals surface area contributed by atoms with Crippen LogP contribution in [0.15, 0.2) is 59.0 Å². The average molecular weight is 495 g/mol. The predicted molar refractivity (Wildman–Crippen MR) is 126 cm³/mol. The quantitative estimate of drug-likeness (QED) is 0.304. The maximum atomic E-state index is 12.8. The lowest BCUT2D eigenvalue weighted by Crippen LogP contribution is -2.22. The van der Waals surface area contributed by atoms with Gasteiger partial charge in [0.25, 0.3) is 5.56 Å². The normalized spacial score (nSPS) is 11.2. The van der Waals surface area contributed by atoms with E-state index in [0.29, 0.717) is 26.9 Å². The molecule has 2 heterocycles. The van der Waals surface area contributed by atoms with Crippen molar-refractivity contribution in [1.29, 1.82) is 0 Å². The van der Waals surface area contributed by atoms with Crippen LogP contribution in [-0.2, 0) is 11.3 Å². The van der Waals surface area contributed by atoms with Crippen molar-refractivity contribution < 1.29 is 4.79 Å². The number of benzene rings is 2. The fourth-order valence-corrected chi connectivity index (χ4v) is 4.74. The van der Waals surface area contributed by atoms with Crippen LogP contribution in [0.1, 0.15) is 0 Å². The number of carbonyl (C=O) groups is 1. The number of hydrogen-bond donors (Lipinski definition) is 1. The van der Waals surface area contributed by atoms with Gasteiger partial charge in [0, 0.05) is 11.6 Å². The summed E-state index contributed by atoms with van der Waals surface area (Å²) in [6, 6.07) is 10.2. The number of nitrogens with one attached hydrogen (secondary N) is 1. The Morgan fingerprint density at radius 1 is 1.16 bits per heavy atom. The summed E-state index contributed by atoms with van der Waals surface area (Å²) < 4.78 is 3.24. The fraction of sp³-hybridized carbons (Fsp3) is 0.100. The largest absolute Gasteiger partial charge is 0.323 e. The lowest BCUT2D eigenvalue weighted by molar-refractivity contribution is -0.113. The van der Waals surface area contributed by atoms with E-state index in [2.05, 4.69) is 22.1 Å². The van der Waals surface area contributed by atoms with E-state index in [1.54, 1.807) is 22.6 Å². The molecule has 4 rings (SSSR count). The van der Waals surface area contributed by atoms with Gasteiger partial charge < -0.3 is 5.32 Å². The van der Waals surface area contributed by atoms with Gasteiger partial charge in [-0.15, -0.1) is 16.8 Å². The molecule has 0 unspecified atom stereocenters. The van der Waals surface area contributed by atoms with Crippen LogP contribution in [0.2, 0.25) is 15.1 Å². The molecule has 0 saturated heterocycles. The summed E-state index contributed by atoms with van der Waals surface area (Å²) in [4.78, 5) is 25.3. The first kappa shape index (κ1) is 21.7. The third kappa shape index (κ3) is 4.16. The minimum atomic E-state index is -0.336. The highest BCUT2D eigenvalue weighted by molar-refractivity contribution is 7.99. The van der Waals surface area contributed by atoms with Crippen LogP contribution in [-0.4, -0.2) is 30.8 Å². The highest BCUT2D eigenvalue weighted by atomic mass is 35.5. The van der Waals surface area contributed by atoms with Gasteiger partial charge in [0.1, 0.15) is 0 Å². The molecule has 0 aliphatic carbocycles. The lowest BCUT2D eigenvalue weighted by atomic mass is 10.2. The minimum absolute atomic E-state index is 0.0188. The molecule has 7 nitrogen and oxygen atoms in total. The Hall–Kier alpha value is -2.52. The van der Waals surface area contributed by atoms with Gasteiger partial charge >= 0.3 is 0 Å². The molecule has 4 aromatic rings. The van der Waals surface area contributed by atoms with Crippen molar-refractivity contribution in [3.8, 4) is 0 Å². The molecule has 0 atom stereocenters. The summed E-state index contributed by atoms with van der Waals surface area (Å²) in [6.45, 7) is 3.99. The van der Waals surface area contributed by atoms with Crippen LogP contribution >= 0.6 is 46.6 Å². The lowest BCUT2D eigenvalue weighted by Gasteiger charge is -2.11. The van der Waals surface area contributed by atoms with E-state index in [0.717, 1.165) is 0 Å². The van der Waals surface area contributed by atoms with Gasteiger partial charge in [-0.1, -0.05) is 64.8 Å². The minimum Gasteiger partial charge on any atom is -0.323 e. The fourth-order valence-electron chi connectivity index (χ4n) is 3.09. The van der Waals surface area contributed by atoms with Crippen LogP contribution in [0.5, 0.6) is 0 Å². The number of halogens is 3. The molecule has 0 fully saturated rings. The van der Waals surface area contributed by atoms with E-state index in [4.69, 9.17) is 34.8 Å². The zero-order valence-electron chi connectivity index (χ0n) is 15.8. The maximum absolute atomic E-state index is 12.8. The molecular weight excluding hydrogens is 481 g/mol. The van der Waals surface area contributed by atoms with Crippen LogP contribution < -0.4 is 10.9 Å². The molecule has 1 N–H and O–H groups in total. The zero-order valence-corrected chi connectivity index (χ0v) is 18.9. The van der Waals surface area contributed by atoms with Crippen molar-refractivity contribution in [2.24, 2.45) is 0 Å². The van der Waals surface area contributed by atoms with Gasteiger partial charge in [-0.05, 0) is 24.3 Å². The maximum Gasteiger partial charge on any atom is 0.263 e. The summed E-state index contributed by atoms with van der Waals surface area (Å²) in [5, 5.41) is 12.9. The van der Waals surface area contributed by atoms with E-state index in [1.165, 1.54) is 28.5 Å². The number of para-hydroxylation sites is 1. The number of nitrogens with zero attached hydrogens (tertiary/aromatic N) is 4. The van der Waals surface area contributed by atoms with Crippen molar-refractivity contribution in [2.45, 2.75) is 11.7 Å². The highest BCUT2D eigenvalue weighted by Crippen LogP contribution is 2.34. The number of carbonyl (C=O) groups excluding carboxylic acids is 1. The molecule has 2 aromatic heterocycles. The third-order valence-corrected chi connectivity index (χ3v) is 6.14. The van der Waals surface area contributed by atoms with Gasteiger partial charge in [0.15, 0.2) is 5.16 Å². The van der Waals surface area contributed by atoms with Crippen molar-refractivity contribution >= 4 is 74.8 Å². The molecule has 0 spiro atoms. The number of aromatic nitrogens is 4. The average Bonchev–Trinajstić information content (AvgIpc) is 3.16. The third-order valence-electron chi connectivity index (χ3n) is 4.39. The summed E-state index contributed by atoms with van der Waals surface area (Å²) in [5.41, 5.74) is 0.755. The second-order valence-electron chi connectivity index (χ2n) is 6.42. The molecule has 11 heteroatoms. The summed E-state index contributed by atoms with van der Waals surface area (Å²) >= 11 is 19.3. The molecule has 2 aromatic carbocycles. The Kier molecular flexibility index (Phi) is 6.24. The van der Waals surface area contributed by atoms with Crippen LogP contribution in [0.4, 0.5) is 5.69 Å². The standard InChI is InChI=1S/C20H14Cl3N5O2S/c1-2-7-27-18(30)12-5-3-4-6-15(12)28-19(27)25-26-20(28)31-10-16(29)24-17-13(22)8-11(21)9-14(17)23/h2-6,8-9H,1,7,10H2,(H,24,29). The van der Waals surface area contributed by atoms with E-state index in [-0.39, 0.29) is 39.5 Å². The second-order valence-corrected chi connectivity index (χ2v) is 8.61. The van der Waals surface area contributed by atoms with E-state index in [9.17, 15) is 9.59 Å². The molecule has 158 valence electrons. The van der Waals surface area contributed by atoms with Crippen LogP contribution in [0, 0.1) is 0 Å². The SMILES string of the molecule is C=CCn1c(=O)c2ccccc2n2c(SCC(=O)Nc3c(Cl)cc(Cl)cc3Cl)nnc12. The number of anilines is 1. The Labute approximate surface area is 195 Å². The molecular formula is C20H14Cl3N5O2S. The Bertz CT molecular complexity index is 1380. The van der Waals surface area contributed by atoms with Crippen molar-refractivity contribution in [3.63, 3.8) is 0 Å². The Morgan fingerprint density at radius 3 is 2.58 bits per heavy atom. The molecule has 0 bridgehead atoms. The summed E-state index contributed by atoms with van der Waals surface area (Å²) in [5.74, 6) is 0.0530. The first-order valence-electron chi connectivity index (χ1n) is 8.95.